The standard InChI is InChI=1S/C24H32N4O3S/c1-24(2,23(29)30)9-6-17-7-12-27(13-8-17)15-18-4-5-20-19(14-18)28(16-31-3)21-22(32-20)26-11-10-25-21/h4-5,10-11,14,17H,6-9,12-13,15-16H2,1-3H3,(H,29,30). The molecule has 2 aliphatic heterocycles. The summed E-state index contributed by atoms with van der Waals surface area (Å²) in [5.74, 6) is 0.766. The van der Waals surface area contributed by atoms with Gasteiger partial charge in [0.1, 0.15) is 11.8 Å². The third kappa shape index (κ3) is 5.08. The Bertz CT molecular complexity index is 960. The number of ether oxygens (including phenoxy) is 1. The number of hydrogen-bond donors (Lipinski definition) is 1. The summed E-state index contributed by atoms with van der Waals surface area (Å²) in [6.45, 7) is 7.12. The van der Waals surface area contributed by atoms with E-state index in [-0.39, 0.29) is 0 Å². The third-order valence-electron chi connectivity index (χ3n) is 6.55. The summed E-state index contributed by atoms with van der Waals surface area (Å²) in [5.41, 5.74) is 1.77. The molecule has 1 saturated heterocycles. The molecule has 8 heteroatoms. The zero-order chi connectivity index (χ0) is 22.7. The van der Waals surface area contributed by atoms with Gasteiger partial charge in [-0.25, -0.2) is 9.97 Å². The van der Waals surface area contributed by atoms with Gasteiger partial charge in [0.15, 0.2) is 5.82 Å². The number of fused-ring (bicyclic) bond motifs is 2. The summed E-state index contributed by atoms with van der Waals surface area (Å²) < 4.78 is 5.46. The van der Waals surface area contributed by atoms with Crippen LogP contribution in [0.2, 0.25) is 0 Å². The number of benzene rings is 1. The van der Waals surface area contributed by atoms with Crippen LogP contribution >= 0.6 is 11.8 Å². The largest absolute Gasteiger partial charge is 0.481 e. The summed E-state index contributed by atoms with van der Waals surface area (Å²) in [7, 11) is 1.70. The van der Waals surface area contributed by atoms with Gasteiger partial charge < -0.3 is 9.84 Å². The molecule has 3 heterocycles. The Kier molecular flexibility index (Phi) is 7.02. The first kappa shape index (κ1) is 23.0. The number of methoxy groups -OCH3 is 1. The van der Waals surface area contributed by atoms with Crippen molar-refractivity contribution in [1.29, 1.82) is 0 Å². The molecular weight excluding hydrogens is 424 g/mol. The number of rotatable bonds is 8. The molecule has 32 heavy (non-hydrogen) atoms. The topological polar surface area (TPSA) is 78.8 Å². The van der Waals surface area contributed by atoms with Gasteiger partial charge in [-0.1, -0.05) is 17.8 Å². The SMILES string of the molecule is COCN1c2cc(CN3CCC(CCC(C)(C)C(=O)O)CC3)ccc2Sc2nccnc21. The van der Waals surface area contributed by atoms with Crippen molar-refractivity contribution < 1.29 is 14.6 Å². The quantitative estimate of drug-likeness (QED) is 0.608. The number of aliphatic carboxylic acids is 1. The van der Waals surface area contributed by atoms with Crippen LogP contribution in [0.4, 0.5) is 11.5 Å². The molecule has 1 aromatic carbocycles. The Balaban J connectivity index is 1.38. The van der Waals surface area contributed by atoms with E-state index < -0.39 is 11.4 Å². The highest BCUT2D eigenvalue weighted by Crippen LogP contribution is 2.46. The summed E-state index contributed by atoms with van der Waals surface area (Å²) in [6.07, 6.45) is 7.45. The molecule has 0 bridgehead atoms. The molecule has 1 aromatic heterocycles. The molecule has 0 unspecified atom stereocenters. The van der Waals surface area contributed by atoms with Crippen molar-refractivity contribution >= 4 is 29.2 Å². The third-order valence-corrected chi connectivity index (χ3v) is 7.60. The van der Waals surface area contributed by atoms with E-state index in [4.69, 9.17) is 4.74 Å². The number of likely N-dealkylation sites (tertiary alicyclic amines) is 1. The number of hydrogen-bond acceptors (Lipinski definition) is 7. The van der Waals surface area contributed by atoms with Crippen LogP contribution in [0.15, 0.2) is 40.5 Å². The van der Waals surface area contributed by atoms with Crippen LogP contribution in [-0.4, -0.2) is 52.9 Å². The average Bonchev–Trinajstić information content (AvgIpc) is 2.79. The van der Waals surface area contributed by atoms with Crippen LogP contribution in [0.1, 0.15) is 45.1 Å². The van der Waals surface area contributed by atoms with Gasteiger partial charge in [0.2, 0.25) is 0 Å². The number of carboxylic acids is 1. The molecule has 1 N–H and O–H groups in total. The van der Waals surface area contributed by atoms with E-state index in [1.807, 2.05) is 13.8 Å². The van der Waals surface area contributed by atoms with E-state index in [9.17, 15) is 9.90 Å². The zero-order valence-electron chi connectivity index (χ0n) is 19.1. The normalized spacial score (nSPS) is 17.2. The molecular formula is C24H32N4O3S. The minimum absolute atomic E-state index is 0.431. The molecule has 0 aliphatic carbocycles. The van der Waals surface area contributed by atoms with Crippen molar-refractivity contribution in [3.8, 4) is 0 Å². The maximum atomic E-state index is 11.4. The minimum Gasteiger partial charge on any atom is -0.481 e. The van der Waals surface area contributed by atoms with E-state index >= 15 is 0 Å². The number of aromatic nitrogens is 2. The molecule has 2 aromatic rings. The summed E-state index contributed by atoms with van der Waals surface area (Å²) in [6, 6.07) is 6.64. The highest BCUT2D eigenvalue weighted by Gasteiger charge is 2.29. The maximum Gasteiger partial charge on any atom is 0.309 e. The minimum atomic E-state index is -0.698. The molecule has 2 aliphatic rings. The van der Waals surface area contributed by atoms with E-state index in [2.05, 4.69) is 38.0 Å². The van der Waals surface area contributed by atoms with Crippen LogP contribution in [0.3, 0.4) is 0 Å². The molecule has 172 valence electrons. The smallest absolute Gasteiger partial charge is 0.309 e. The fourth-order valence-corrected chi connectivity index (χ4v) is 5.36. The molecule has 0 atom stereocenters. The first-order valence-electron chi connectivity index (χ1n) is 11.2. The number of anilines is 2. The Morgan fingerprint density at radius 2 is 2.00 bits per heavy atom. The number of piperidine rings is 1. The first-order valence-corrected chi connectivity index (χ1v) is 12.0. The Morgan fingerprint density at radius 1 is 1.25 bits per heavy atom. The second-order valence-corrected chi connectivity index (χ2v) is 10.4. The summed E-state index contributed by atoms with van der Waals surface area (Å²) in [4.78, 5) is 26.1. The van der Waals surface area contributed by atoms with Gasteiger partial charge in [-0.05, 0) is 76.2 Å². The van der Waals surface area contributed by atoms with Crippen molar-refractivity contribution in [2.24, 2.45) is 11.3 Å². The molecule has 7 nitrogen and oxygen atoms in total. The Labute approximate surface area is 194 Å². The lowest BCUT2D eigenvalue weighted by atomic mass is 9.82. The lowest BCUT2D eigenvalue weighted by Crippen LogP contribution is -2.34. The van der Waals surface area contributed by atoms with Crippen molar-refractivity contribution in [3.05, 3.63) is 36.2 Å². The Hall–Kier alpha value is -2.16. The maximum absolute atomic E-state index is 11.4. The van der Waals surface area contributed by atoms with Crippen molar-refractivity contribution in [3.63, 3.8) is 0 Å². The van der Waals surface area contributed by atoms with Crippen molar-refractivity contribution in [2.75, 3.05) is 31.8 Å². The van der Waals surface area contributed by atoms with Gasteiger partial charge in [0.05, 0.1) is 11.1 Å². The van der Waals surface area contributed by atoms with Crippen LogP contribution in [0.5, 0.6) is 0 Å². The molecule has 0 saturated carbocycles. The lowest BCUT2D eigenvalue weighted by Gasteiger charge is -2.34. The molecule has 4 rings (SSSR count). The molecule has 1 fully saturated rings. The fourth-order valence-electron chi connectivity index (χ4n) is 4.37. The first-order chi connectivity index (χ1) is 15.4. The summed E-state index contributed by atoms with van der Waals surface area (Å²) in [5, 5.41) is 10.2. The van der Waals surface area contributed by atoms with Crippen LogP contribution < -0.4 is 4.90 Å². The van der Waals surface area contributed by atoms with Gasteiger partial charge >= 0.3 is 5.97 Å². The van der Waals surface area contributed by atoms with Crippen molar-refractivity contribution in [1.82, 2.24) is 14.9 Å². The second-order valence-electron chi connectivity index (χ2n) is 9.38. The fraction of sp³-hybridized carbons (Fsp3) is 0.542. The monoisotopic (exact) mass is 456 g/mol. The van der Waals surface area contributed by atoms with Crippen LogP contribution in [-0.2, 0) is 16.1 Å². The van der Waals surface area contributed by atoms with Gasteiger partial charge in [0, 0.05) is 30.9 Å². The number of carboxylic acid groups (broad SMARTS) is 1. The van der Waals surface area contributed by atoms with E-state index in [1.165, 1.54) is 10.5 Å². The van der Waals surface area contributed by atoms with Gasteiger partial charge in [0.25, 0.3) is 0 Å². The van der Waals surface area contributed by atoms with E-state index in [1.54, 1.807) is 31.3 Å². The predicted octanol–water partition coefficient (Wildman–Crippen LogP) is 4.79. The highest BCUT2D eigenvalue weighted by atomic mass is 32.2. The Morgan fingerprint density at radius 3 is 2.72 bits per heavy atom. The predicted molar refractivity (Wildman–Crippen MR) is 125 cm³/mol. The lowest BCUT2D eigenvalue weighted by molar-refractivity contribution is -0.147. The van der Waals surface area contributed by atoms with E-state index in [0.717, 1.165) is 61.8 Å². The molecule has 0 radical (unpaired) electrons. The molecule has 0 spiro atoms. The van der Waals surface area contributed by atoms with Crippen LogP contribution in [0, 0.1) is 11.3 Å². The number of nitrogens with zero attached hydrogens (tertiary/aromatic N) is 4. The number of carbonyl (C=O) groups is 1. The van der Waals surface area contributed by atoms with Crippen LogP contribution in [0.25, 0.3) is 0 Å². The summed E-state index contributed by atoms with van der Waals surface area (Å²) >= 11 is 1.65. The second kappa shape index (κ2) is 9.77. The van der Waals surface area contributed by atoms with Gasteiger partial charge in [-0.3, -0.25) is 14.6 Å². The van der Waals surface area contributed by atoms with Crippen molar-refractivity contribution in [2.45, 2.75) is 56.0 Å². The molecule has 0 amide bonds. The van der Waals surface area contributed by atoms with Gasteiger partial charge in [-0.15, -0.1) is 0 Å². The highest BCUT2D eigenvalue weighted by molar-refractivity contribution is 7.99. The zero-order valence-corrected chi connectivity index (χ0v) is 19.9. The average molecular weight is 457 g/mol. The van der Waals surface area contributed by atoms with Gasteiger partial charge in [-0.2, -0.15) is 0 Å². The van der Waals surface area contributed by atoms with E-state index in [0.29, 0.717) is 12.6 Å².